The second-order valence-corrected chi connectivity index (χ2v) is 5.21. The van der Waals surface area contributed by atoms with Crippen molar-refractivity contribution in [2.45, 2.75) is 13.8 Å². The number of amides is 1. The van der Waals surface area contributed by atoms with Crippen molar-refractivity contribution in [1.29, 1.82) is 0 Å². The van der Waals surface area contributed by atoms with Crippen LogP contribution in [0.4, 0.5) is 5.69 Å². The minimum Gasteiger partial charge on any atom is -0.496 e. The van der Waals surface area contributed by atoms with Gasteiger partial charge in [0.05, 0.1) is 19.9 Å². The molecule has 0 aromatic heterocycles. The lowest BCUT2D eigenvalue weighted by molar-refractivity contribution is -0.119. The zero-order valence-corrected chi connectivity index (χ0v) is 13.6. The van der Waals surface area contributed by atoms with Crippen molar-refractivity contribution in [3.05, 3.63) is 59.2 Å². The molecule has 0 aliphatic rings. The van der Waals surface area contributed by atoms with E-state index in [0.717, 1.165) is 16.8 Å². The normalized spacial score (nSPS) is 10.6. The van der Waals surface area contributed by atoms with Gasteiger partial charge in [0.2, 0.25) is 0 Å². The van der Waals surface area contributed by atoms with Crippen LogP contribution in [0.25, 0.3) is 0 Å². The lowest BCUT2D eigenvalue weighted by Gasteiger charge is -2.09. The summed E-state index contributed by atoms with van der Waals surface area (Å²) in [6.07, 6.45) is 1.56. The molecule has 1 amide bonds. The van der Waals surface area contributed by atoms with Crippen LogP contribution in [-0.4, -0.2) is 25.8 Å². The number of methoxy groups -OCH3 is 1. The van der Waals surface area contributed by atoms with E-state index in [-0.39, 0.29) is 12.5 Å². The summed E-state index contributed by atoms with van der Waals surface area (Å²) in [5.74, 6) is 0.495. The number of rotatable bonds is 6. The Morgan fingerprint density at radius 2 is 2.00 bits per heavy atom. The maximum Gasteiger partial charge on any atom is 0.259 e. The van der Waals surface area contributed by atoms with E-state index >= 15 is 0 Å². The van der Waals surface area contributed by atoms with Gasteiger partial charge in [0.1, 0.15) is 5.75 Å². The Morgan fingerprint density at radius 1 is 1.22 bits per heavy atom. The summed E-state index contributed by atoms with van der Waals surface area (Å²) < 4.78 is 5.21. The number of benzene rings is 2. The average molecular weight is 311 g/mol. The highest BCUT2D eigenvalue weighted by molar-refractivity contribution is 5.86. The molecule has 0 spiro atoms. The highest BCUT2D eigenvalue weighted by Crippen LogP contribution is 2.15. The fraction of sp³-hybridized carbons (Fsp3) is 0.222. The number of anilines is 1. The fourth-order valence-corrected chi connectivity index (χ4v) is 2.17. The molecule has 0 bridgehead atoms. The molecule has 0 saturated heterocycles. The van der Waals surface area contributed by atoms with E-state index in [0.29, 0.717) is 5.75 Å². The fourth-order valence-electron chi connectivity index (χ4n) is 2.17. The summed E-state index contributed by atoms with van der Waals surface area (Å²) in [5, 5.41) is 7.05. The van der Waals surface area contributed by atoms with Crippen LogP contribution in [0.5, 0.6) is 5.75 Å². The van der Waals surface area contributed by atoms with Crippen LogP contribution in [0.1, 0.15) is 16.7 Å². The predicted molar refractivity (Wildman–Crippen MR) is 93.1 cm³/mol. The highest BCUT2D eigenvalue weighted by Gasteiger charge is 2.02. The molecule has 2 aromatic rings. The SMILES string of the molecule is COc1ccccc1/C=N\NC(=O)CNc1ccc(C)cc1C. The standard InChI is InChI=1S/C18H21N3O2/c1-13-8-9-16(14(2)10-13)19-12-18(22)21-20-11-15-6-4-5-7-17(15)23-3/h4-11,19H,12H2,1-3H3,(H,21,22)/b20-11-. The molecular formula is C18H21N3O2. The molecule has 5 heteroatoms. The number of hydrazone groups is 1. The molecule has 0 radical (unpaired) electrons. The van der Waals surface area contributed by atoms with Crippen LogP contribution in [-0.2, 0) is 4.79 Å². The number of ether oxygens (including phenoxy) is 1. The van der Waals surface area contributed by atoms with E-state index in [9.17, 15) is 4.79 Å². The van der Waals surface area contributed by atoms with Gasteiger partial charge in [-0.25, -0.2) is 5.43 Å². The zero-order valence-electron chi connectivity index (χ0n) is 13.6. The topological polar surface area (TPSA) is 62.7 Å². The monoisotopic (exact) mass is 311 g/mol. The molecule has 120 valence electrons. The summed E-state index contributed by atoms with van der Waals surface area (Å²) in [6.45, 7) is 4.20. The summed E-state index contributed by atoms with van der Waals surface area (Å²) >= 11 is 0. The van der Waals surface area contributed by atoms with Crippen LogP contribution in [0.2, 0.25) is 0 Å². The Bertz CT molecular complexity index is 711. The molecule has 2 N–H and O–H groups in total. The maximum absolute atomic E-state index is 11.8. The first-order valence-electron chi connectivity index (χ1n) is 7.36. The zero-order chi connectivity index (χ0) is 16.7. The Kier molecular flexibility index (Phi) is 5.74. The quantitative estimate of drug-likeness (QED) is 0.637. The number of carbonyl (C=O) groups excluding carboxylic acids is 1. The third-order valence-electron chi connectivity index (χ3n) is 3.35. The van der Waals surface area contributed by atoms with Gasteiger partial charge in [0, 0.05) is 11.3 Å². The Morgan fingerprint density at radius 3 is 2.74 bits per heavy atom. The molecule has 23 heavy (non-hydrogen) atoms. The molecule has 2 aromatic carbocycles. The van der Waals surface area contributed by atoms with E-state index in [1.165, 1.54) is 5.56 Å². The molecule has 0 fully saturated rings. The van der Waals surface area contributed by atoms with E-state index in [4.69, 9.17) is 4.74 Å². The summed E-state index contributed by atoms with van der Waals surface area (Å²) in [6, 6.07) is 13.5. The van der Waals surface area contributed by atoms with Gasteiger partial charge in [-0.1, -0.05) is 29.8 Å². The lowest BCUT2D eigenvalue weighted by atomic mass is 10.1. The van der Waals surface area contributed by atoms with Gasteiger partial charge in [-0.15, -0.1) is 0 Å². The molecule has 2 rings (SSSR count). The van der Waals surface area contributed by atoms with Crippen LogP contribution in [0.15, 0.2) is 47.6 Å². The molecule has 0 aliphatic heterocycles. The Labute approximate surface area is 136 Å². The largest absolute Gasteiger partial charge is 0.496 e. The van der Waals surface area contributed by atoms with Gasteiger partial charge in [-0.05, 0) is 37.6 Å². The minimum absolute atomic E-state index is 0.160. The lowest BCUT2D eigenvalue weighted by Crippen LogP contribution is -2.26. The van der Waals surface area contributed by atoms with Gasteiger partial charge in [0.25, 0.3) is 5.91 Å². The summed E-state index contributed by atoms with van der Waals surface area (Å²) in [5.41, 5.74) is 6.54. The number of hydrogen-bond acceptors (Lipinski definition) is 4. The highest BCUT2D eigenvalue weighted by atomic mass is 16.5. The number of carbonyl (C=O) groups is 1. The van der Waals surface area contributed by atoms with Crippen molar-refractivity contribution < 1.29 is 9.53 Å². The molecule has 0 aliphatic carbocycles. The van der Waals surface area contributed by atoms with Crippen molar-refractivity contribution in [3.63, 3.8) is 0 Å². The third-order valence-corrected chi connectivity index (χ3v) is 3.35. The maximum atomic E-state index is 11.8. The van der Waals surface area contributed by atoms with Gasteiger partial charge in [0.15, 0.2) is 0 Å². The van der Waals surface area contributed by atoms with Crippen LogP contribution < -0.4 is 15.5 Å². The third kappa shape index (κ3) is 4.85. The van der Waals surface area contributed by atoms with Crippen molar-refractivity contribution in [3.8, 4) is 5.75 Å². The molecule has 0 unspecified atom stereocenters. The molecule has 0 atom stereocenters. The second-order valence-electron chi connectivity index (χ2n) is 5.21. The van der Waals surface area contributed by atoms with Gasteiger partial charge in [-0.2, -0.15) is 5.10 Å². The molecule has 0 heterocycles. The first kappa shape index (κ1) is 16.5. The second kappa shape index (κ2) is 7.98. The van der Waals surface area contributed by atoms with Gasteiger partial charge >= 0.3 is 0 Å². The minimum atomic E-state index is -0.212. The smallest absolute Gasteiger partial charge is 0.259 e. The van der Waals surface area contributed by atoms with E-state index in [1.807, 2.05) is 50.2 Å². The van der Waals surface area contributed by atoms with Gasteiger partial charge < -0.3 is 10.1 Å². The Hall–Kier alpha value is -2.82. The molecule has 5 nitrogen and oxygen atoms in total. The van der Waals surface area contributed by atoms with Crippen molar-refractivity contribution in [2.24, 2.45) is 5.10 Å². The number of nitrogens with one attached hydrogen (secondary N) is 2. The van der Waals surface area contributed by atoms with Gasteiger partial charge in [-0.3, -0.25) is 4.79 Å². The van der Waals surface area contributed by atoms with Crippen LogP contribution in [0, 0.1) is 13.8 Å². The predicted octanol–water partition coefficient (Wildman–Crippen LogP) is 2.87. The van der Waals surface area contributed by atoms with Crippen LogP contribution >= 0.6 is 0 Å². The number of hydrogen-bond donors (Lipinski definition) is 2. The first-order chi connectivity index (χ1) is 11.1. The molecular weight excluding hydrogens is 290 g/mol. The van der Waals surface area contributed by atoms with E-state index < -0.39 is 0 Å². The van der Waals surface area contributed by atoms with E-state index in [1.54, 1.807) is 13.3 Å². The summed E-state index contributed by atoms with van der Waals surface area (Å²) in [7, 11) is 1.60. The Balaban J connectivity index is 1.86. The van der Waals surface area contributed by atoms with Crippen molar-refractivity contribution >= 4 is 17.8 Å². The number of para-hydroxylation sites is 1. The average Bonchev–Trinajstić information content (AvgIpc) is 2.54. The van der Waals surface area contributed by atoms with Crippen molar-refractivity contribution in [1.82, 2.24) is 5.43 Å². The summed E-state index contributed by atoms with van der Waals surface area (Å²) in [4.78, 5) is 11.8. The number of nitrogens with zero attached hydrogens (tertiary/aromatic N) is 1. The van der Waals surface area contributed by atoms with E-state index in [2.05, 4.69) is 21.9 Å². The first-order valence-corrected chi connectivity index (χ1v) is 7.36. The van der Waals surface area contributed by atoms with Crippen molar-refractivity contribution in [2.75, 3.05) is 19.0 Å². The molecule has 0 saturated carbocycles. The van der Waals surface area contributed by atoms with Crippen LogP contribution in [0.3, 0.4) is 0 Å². The number of aryl methyl sites for hydroxylation is 2.